The van der Waals surface area contributed by atoms with E-state index in [2.05, 4.69) is 11.4 Å². The molecule has 1 radical (unpaired) electrons. The number of carbonyl (C=O) groups excluding carboxylic acids is 1. The Bertz CT molecular complexity index is 306. The molecule has 1 N–H and O–H groups in total. The van der Waals surface area contributed by atoms with E-state index in [0.29, 0.717) is 0 Å². The van der Waals surface area contributed by atoms with Crippen LogP contribution in [0.15, 0.2) is 18.2 Å². The molecule has 0 spiro atoms. The molecule has 2 nitrogen and oxygen atoms in total. The summed E-state index contributed by atoms with van der Waals surface area (Å²) in [7, 11) is 0. The summed E-state index contributed by atoms with van der Waals surface area (Å²) in [4.78, 5) is 11.4. The van der Waals surface area contributed by atoms with Crippen molar-refractivity contribution in [3.8, 4) is 0 Å². The molecule has 1 aromatic carbocycles. The highest BCUT2D eigenvalue weighted by atomic mass is 16.1. The summed E-state index contributed by atoms with van der Waals surface area (Å²) >= 11 is 0. The summed E-state index contributed by atoms with van der Waals surface area (Å²) in [6.07, 6.45) is 1.97. The molecule has 0 fully saturated rings. The fourth-order valence-corrected chi connectivity index (χ4v) is 1.45. The average molecular weight is 160 g/mol. The first-order valence-corrected chi connectivity index (χ1v) is 4.16. The van der Waals surface area contributed by atoms with Gasteiger partial charge in [-0.25, -0.2) is 0 Å². The van der Waals surface area contributed by atoms with Crippen molar-refractivity contribution in [3.63, 3.8) is 0 Å². The molecule has 0 aromatic heterocycles. The zero-order valence-corrected chi connectivity index (χ0v) is 6.76. The Balaban J connectivity index is 2.46. The summed E-state index contributed by atoms with van der Waals surface area (Å²) in [6, 6.07) is 8.66. The number of hydrogen-bond donors (Lipinski definition) is 1. The van der Waals surface area contributed by atoms with Crippen LogP contribution >= 0.6 is 0 Å². The molecule has 0 unspecified atom stereocenters. The number of rotatable bonds is 0. The van der Waals surface area contributed by atoms with E-state index in [9.17, 15) is 4.79 Å². The van der Waals surface area contributed by atoms with Gasteiger partial charge in [-0.3, -0.25) is 4.79 Å². The van der Waals surface area contributed by atoms with Gasteiger partial charge in [0.1, 0.15) is 0 Å². The molecule has 1 heterocycles. The van der Waals surface area contributed by atoms with Gasteiger partial charge in [-0.1, -0.05) is 12.1 Å². The molecule has 1 aliphatic rings. The van der Waals surface area contributed by atoms with Gasteiger partial charge >= 0.3 is 0 Å². The van der Waals surface area contributed by atoms with Gasteiger partial charge in [0.15, 0.2) is 0 Å². The second-order valence-corrected chi connectivity index (χ2v) is 2.92. The van der Waals surface area contributed by atoms with Gasteiger partial charge in [-0.15, -0.1) is 0 Å². The fraction of sp³-hybridized carbons (Fsp3) is 0.300. The minimum absolute atomic E-state index is 0.0411. The number of amides is 1. The zero-order chi connectivity index (χ0) is 8.39. The maximum atomic E-state index is 11.4. The molecule has 0 saturated carbocycles. The number of hydrogen-bond acceptors (Lipinski definition) is 1. The third kappa shape index (κ3) is 1.20. The lowest BCUT2D eigenvalue weighted by Gasteiger charge is -2.01. The standard InChI is InChI=1S/C10H10NO/c12-10-9-6-2-1-4-8(9)5-3-7-11-10/h1-2,6H,3,5,7H2,(H,11,12). The van der Waals surface area contributed by atoms with E-state index in [1.54, 1.807) is 0 Å². The topological polar surface area (TPSA) is 29.1 Å². The third-order valence-electron chi connectivity index (χ3n) is 2.08. The highest BCUT2D eigenvalue weighted by molar-refractivity contribution is 5.95. The van der Waals surface area contributed by atoms with E-state index in [1.807, 2.05) is 18.2 Å². The van der Waals surface area contributed by atoms with Crippen LogP contribution < -0.4 is 5.32 Å². The van der Waals surface area contributed by atoms with E-state index < -0.39 is 0 Å². The van der Waals surface area contributed by atoms with Crippen molar-refractivity contribution in [1.29, 1.82) is 0 Å². The lowest BCUT2D eigenvalue weighted by molar-refractivity contribution is 0.0956. The van der Waals surface area contributed by atoms with Gasteiger partial charge in [-0.2, -0.15) is 0 Å². The normalized spacial score (nSPS) is 16.2. The van der Waals surface area contributed by atoms with Crippen molar-refractivity contribution in [2.45, 2.75) is 12.8 Å². The number of carbonyl (C=O) groups is 1. The highest BCUT2D eigenvalue weighted by Crippen LogP contribution is 2.12. The Morgan fingerprint density at radius 3 is 3.33 bits per heavy atom. The van der Waals surface area contributed by atoms with Crippen LogP contribution in [-0.4, -0.2) is 12.5 Å². The van der Waals surface area contributed by atoms with E-state index >= 15 is 0 Å². The number of fused-ring (bicyclic) bond motifs is 1. The minimum Gasteiger partial charge on any atom is -0.352 e. The molecule has 1 amide bonds. The second kappa shape index (κ2) is 2.97. The SMILES string of the molecule is O=C1NCCCc2[c]cccc21. The second-order valence-electron chi connectivity index (χ2n) is 2.92. The van der Waals surface area contributed by atoms with E-state index in [4.69, 9.17) is 0 Å². The molecule has 1 aromatic rings. The van der Waals surface area contributed by atoms with Crippen molar-refractivity contribution >= 4 is 5.91 Å². The summed E-state index contributed by atoms with van der Waals surface area (Å²) in [5.41, 5.74) is 1.84. The molecule has 2 heteroatoms. The first kappa shape index (κ1) is 7.35. The van der Waals surface area contributed by atoms with Gasteiger partial charge in [0, 0.05) is 12.1 Å². The maximum absolute atomic E-state index is 11.4. The number of aryl methyl sites for hydroxylation is 1. The van der Waals surface area contributed by atoms with Crippen molar-refractivity contribution in [2.24, 2.45) is 0 Å². The smallest absolute Gasteiger partial charge is 0.251 e. The van der Waals surface area contributed by atoms with Crippen molar-refractivity contribution in [1.82, 2.24) is 5.32 Å². The van der Waals surface area contributed by atoms with Crippen LogP contribution in [0, 0.1) is 6.07 Å². The monoisotopic (exact) mass is 160 g/mol. The van der Waals surface area contributed by atoms with E-state index in [1.165, 1.54) is 0 Å². The number of benzene rings is 1. The number of nitrogens with one attached hydrogen (secondary N) is 1. The Kier molecular flexibility index (Phi) is 1.82. The minimum atomic E-state index is 0.0411. The molecule has 0 atom stereocenters. The first-order chi connectivity index (χ1) is 5.88. The molecule has 2 rings (SSSR count). The van der Waals surface area contributed by atoms with Crippen LogP contribution in [0.2, 0.25) is 0 Å². The summed E-state index contributed by atoms with van der Waals surface area (Å²) < 4.78 is 0. The molecule has 61 valence electrons. The summed E-state index contributed by atoms with van der Waals surface area (Å²) in [6.45, 7) is 0.779. The molecule has 12 heavy (non-hydrogen) atoms. The Morgan fingerprint density at radius 2 is 2.42 bits per heavy atom. The Morgan fingerprint density at radius 1 is 1.50 bits per heavy atom. The van der Waals surface area contributed by atoms with Gasteiger partial charge in [-0.05, 0) is 30.5 Å². The summed E-state index contributed by atoms with van der Waals surface area (Å²) in [5.74, 6) is 0.0411. The molecule has 0 saturated heterocycles. The van der Waals surface area contributed by atoms with Crippen molar-refractivity contribution < 1.29 is 4.79 Å². The molecule has 0 bridgehead atoms. The van der Waals surface area contributed by atoms with Gasteiger partial charge in [0.05, 0.1) is 0 Å². The fourth-order valence-electron chi connectivity index (χ4n) is 1.45. The highest BCUT2D eigenvalue weighted by Gasteiger charge is 2.13. The molecular weight excluding hydrogens is 150 g/mol. The Hall–Kier alpha value is -1.31. The predicted octanol–water partition coefficient (Wildman–Crippen LogP) is 1.16. The zero-order valence-electron chi connectivity index (χ0n) is 6.76. The predicted molar refractivity (Wildman–Crippen MR) is 45.9 cm³/mol. The van der Waals surface area contributed by atoms with Crippen molar-refractivity contribution in [3.05, 3.63) is 35.4 Å². The average Bonchev–Trinajstić information content (AvgIpc) is 2.29. The third-order valence-corrected chi connectivity index (χ3v) is 2.08. The van der Waals surface area contributed by atoms with Crippen LogP contribution in [0.1, 0.15) is 22.3 Å². The van der Waals surface area contributed by atoms with Crippen LogP contribution in [-0.2, 0) is 6.42 Å². The van der Waals surface area contributed by atoms with E-state index in [0.717, 1.165) is 30.5 Å². The Labute approximate surface area is 71.6 Å². The van der Waals surface area contributed by atoms with E-state index in [-0.39, 0.29) is 5.91 Å². The largest absolute Gasteiger partial charge is 0.352 e. The lowest BCUT2D eigenvalue weighted by Crippen LogP contribution is -2.22. The molecule has 0 aliphatic carbocycles. The van der Waals surface area contributed by atoms with Crippen molar-refractivity contribution in [2.75, 3.05) is 6.54 Å². The molecular formula is C10H10NO. The lowest BCUT2D eigenvalue weighted by atomic mass is 10.0. The van der Waals surface area contributed by atoms with Gasteiger partial charge < -0.3 is 5.32 Å². The van der Waals surface area contributed by atoms with Crippen LogP contribution in [0.3, 0.4) is 0 Å². The first-order valence-electron chi connectivity index (χ1n) is 4.16. The van der Waals surface area contributed by atoms with Gasteiger partial charge in [0.2, 0.25) is 0 Å². The quantitative estimate of drug-likeness (QED) is 0.606. The molecule has 1 aliphatic heterocycles. The van der Waals surface area contributed by atoms with Crippen LogP contribution in [0.4, 0.5) is 0 Å². The van der Waals surface area contributed by atoms with Crippen LogP contribution in [0.25, 0.3) is 0 Å². The van der Waals surface area contributed by atoms with Crippen LogP contribution in [0.5, 0.6) is 0 Å². The maximum Gasteiger partial charge on any atom is 0.251 e. The summed E-state index contributed by atoms with van der Waals surface area (Å²) in [5, 5.41) is 2.84. The van der Waals surface area contributed by atoms with Gasteiger partial charge in [0.25, 0.3) is 5.91 Å².